The number of nitrogens with one attached hydrogen (secondary N) is 2. The Bertz CT molecular complexity index is 837. The minimum atomic E-state index is -0.747. The van der Waals surface area contributed by atoms with E-state index < -0.39 is 11.8 Å². The molecule has 1 aliphatic rings. The number of likely N-dealkylation sites (N-methyl/N-ethyl adjacent to an activating group) is 1. The number of carbonyl (C=O) groups is 2. The van der Waals surface area contributed by atoms with Crippen LogP contribution < -0.4 is 10.6 Å². The summed E-state index contributed by atoms with van der Waals surface area (Å²) in [6.07, 6.45) is 0. The number of nitrogens with zero attached hydrogens (tertiary/aromatic N) is 2. The number of amides is 2. The molecule has 2 N–H and O–H groups in total. The fraction of sp³-hybridized carbons (Fsp3) is 0.333. The van der Waals surface area contributed by atoms with E-state index in [1.807, 2.05) is 0 Å². The van der Waals surface area contributed by atoms with Gasteiger partial charge < -0.3 is 15.5 Å². The lowest BCUT2D eigenvalue weighted by Crippen LogP contribution is -2.49. The first-order chi connectivity index (χ1) is 13.9. The zero-order valence-electron chi connectivity index (χ0n) is 16.2. The van der Waals surface area contributed by atoms with Gasteiger partial charge in [-0.25, -0.2) is 4.39 Å². The molecule has 2 amide bonds. The molecule has 2 aromatic rings. The van der Waals surface area contributed by atoms with Gasteiger partial charge in [-0.1, -0.05) is 23.7 Å². The van der Waals surface area contributed by atoms with Crippen LogP contribution in [0.2, 0.25) is 5.02 Å². The maximum absolute atomic E-state index is 13.3. The van der Waals surface area contributed by atoms with E-state index in [0.717, 1.165) is 31.7 Å². The number of benzene rings is 2. The highest BCUT2D eigenvalue weighted by molar-refractivity contribution is 6.39. The second kappa shape index (κ2) is 9.82. The van der Waals surface area contributed by atoms with Gasteiger partial charge >= 0.3 is 11.8 Å². The molecule has 1 atom stereocenters. The third kappa shape index (κ3) is 6.00. The second-order valence-corrected chi connectivity index (χ2v) is 7.51. The number of piperazine rings is 1. The first kappa shape index (κ1) is 21.2. The number of anilines is 1. The molecule has 1 heterocycles. The van der Waals surface area contributed by atoms with Gasteiger partial charge in [-0.05, 0) is 49.0 Å². The molecule has 8 heteroatoms. The maximum atomic E-state index is 13.3. The predicted molar refractivity (Wildman–Crippen MR) is 111 cm³/mol. The smallest absolute Gasteiger partial charge is 0.313 e. The summed E-state index contributed by atoms with van der Waals surface area (Å²) in [6.45, 7) is 3.71. The van der Waals surface area contributed by atoms with E-state index >= 15 is 0 Å². The van der Waals surface area contributed by atoms with Crippen LogP contribution in [0.3, 0.4) is 0 Å². The van der Waals surface area contributed by atoms with Gasteiger partial charge in [0.1, 0.15) is 5.82 Å². The summed E-state index contributed by atoms with van der Waals surface area (Å²) < 4.78 is 13.3. The molecule has 1 aliphatic heterocycles. The number of carbonyl (C=O) groups excluding carboxylic acids is 2. The SMILES string of the molecule is CN1CCN(C(CNC(=O)C(=O)Nc2ccc(Cl)cc2)c2ccc(F)cc2)CC1. The Morgan fingerprint density at radius 1 is 1.00 bits per heavy atom. The van der Waals surface area contributed by atoms with Gasteiger partial charge in [0, 0.05) is 43.4 Å². The molecule has 1 fully saturated rings. The maximum Gasteiger partial charge on any atom is 0.313 e. The minimum absolute atomic E-state index is 0.142. The zero-order chi connectivity index (χ0) is 20.8. The van der Waals surface area contributed by atoms with Crippen molar-refractivity contribution in [3.63, 3.8) is 0 Å². The van der Waals surface area contributed by atoms with E-state index in [1.165, 1.54) is 12.1 Å². The van der Waals surface area contributed by atoms with E-state index in [1.54, 1.807) is 36.4 Å². The van der Waals surface area contributed by atoms with Crippen molar-refractivity contribution in [2.75, 3.05) is 45.1 Å². The average Bonchev–Trinajstić information content (AvgIpc) is 2.72. The van der Waals surface area contributed by atoms with Gasteiger partial charge in [-0.15, -0.1) is 0 Å². The quantitative estimate of drug-likeness (QED) is 0.732. The summed E-state index contributed by atoms with van der Waals surface area (Å²) in [6, 6.07) is 12.6. The van der Waals surface area contributed by atoms with Crippen LogP contribution >= 0.6 is 11.6 Å². The van der Waals surface area contributed by atoms with Crippen LogP contribution in [-0.4, -0.2) is 61.4 Å². The normalized spacial score (nSPS) is 16.2. The highest BCUT2D eigenvalue weighted by atomic mass is 35.5. The van der Waals surface area contributed by atoms with Crippen LogP contribution in [0.15, 0.2) is 48.5 Å². The molecule has 29 heavy (non-hydrogen) atoms. The Morgan fingerprint density at radius 2 is 1.62 bits per heavy atom. The molecule has 0 saturated carbocycles. The molecule has 2 aromatic carbocycles. The van der Waals surface area contributed by atoms with Gasteiger partial charge in [0.25, 0.3) is 0 Å². The fourth-order valence-corrected chi connectivity index (χ4v) is 3.39. The predicted octanol–water partition coefficient (Wildman–Crippen LogP) is 2.52. The lowest BCUT2D eigenvalue weighted by atomic mass is 10.0. The topological polar surface area (TPSA) is 64.7 Å². The lowest BCUT2D eigenvalue weighted by Gasteiger charge is -2.38. The minimum Gasteiger partial charge on any atom is -0.346 e. The number of hydrogen-bond donors (Lipinski definition) is 2. The molecule has 0 radical (unpaired) electrons. The monoisotopic (exact) mass is 418 g/mol. The summed E-state index contributed by atoms with van der Waals surface area (Å²) in [5.74, 6) is -1.78. The Hall–Kier alpha value is -2.48. The average molecular weight is 419 g/mol. The van der Waals surface area contributed by atoms with Crippen molar-refractivity contribution in [3.8, 4) is 0 Å². The van der Waals surface area contributed by atoms with Crippen molar-refractivity contribution in [3.05, 3.63) is 64.9 Å². The van der Waals surface area contributed by atoms with Crippen LogP contribution in [0.4, 0.5) is 10.1 Å². The number of rotatable bonds is 5. The first-order valence-electron chi connectivity index (χ1n) is 9.45. The van der Waals surface area contributed by atoms with E-state index in [2.05, 4.69) is 27.5 Å². The van der Waals surface area contributed by atoms with Crippen LogP contribution in [0, 0.1) is 5.82 Å². The molecule has 0 bridgehead atoms. The fourth-order valence-electron chi connectivity index (χ4n) is 3.27. The molecular formula is C21H24ClFN4O2. The zero-order valence-corrected chi connectivity index (χ0v) is 17.0. The number of halogens is 2. The van der Waals surface area contributed by atoms with E-state index in [-0.39, 0.29) is 18.4 Å². The van der Waals surface area contributed by atoms with E-state index in [0.29, 0.717) is 10.7 Å². The van der Waals surface area contributed by atoms with Crippen molar-refractivity contribution in [2.24, 2.45) is 0 Å². The van der Waals surface area contributed by atoms with Crippen LogP contribution in [0.5, 0.6) is 0 Å². The summed E-state index contributed by atoms with van der Waals surface area (Å²) >= 11 is 5.82. The number of hydrogen-bond acceptors (Lipinski definition) is 4. The highest BCUT2D eigenvalue weighted by Gasteiger charge is 2.25. The second-order valence-electron chi connectivity index (χ2n) is 7.08. The third-order valence-electron chi connectivity index (χ3n) is 5.00. The summed E-state index contributed by atoms with van der Waals surface area (Å²) in [7, 11) is 2.06. The van der Waals surface area contributed by atoms with E-state index in [4.69, 9.17) is 11.6 Å². The molecule has 0 spiro atoms. The Balaban J connectivity index is 1.63. The Morgan fingerprint density at radius 3 is 2.24 bits per heavy atom. The van der Waals surface area contributed by atoms with E-state index in [9.17, 15) is 14.0 Å². The molecule has 3 rings (SSSR count). The van der Waals surface area contributed by atoms with Crippen molar-refractivity contribution in [2.45, 2.75) is 6.04 Å². The molecule has 6 nitrogen and oxygen atoms in total. The summed E-state index contributed by atoms with van der Waals surface area (Å²) in [5.41, 5.74) is 1.39. The highest BCUT2D eigenvalue weighted by Crippen LogP contribution is 2.22. The third-order valence-corrected chi connectivity index (χ3v) is 5.25. The van der Waals surface area contributed by atoms with Crippen molar-refractivity contribution in [1.82, 2.24) is 15.1 Å². The molecule has 0 aromatic heterocycles. The molecule has 154 valence electrons. The van der Waals surface area contributed by atoms with Crippen LogP contribution in [-0.2, 0) is 9.59 Å². The first-order valence-corrected chi connectivity index (χ1v) is 9.83. The van der Waals surface area contributed by atoms with Crippen molar-refractivity contribution >= 4 is 29.1 Å². The molecule has 0 aliphatic carbocycles. The standard InChI is InChI=1S/C21H24ClFN4O2/c1-26-10-12-27(13-11-26)19(15-2-6-17(23)7-3-15)14-24-20(28)21(29)25-18-8-4-16(22)5-9-18/h2-9,19H,10-14H2,1H3,(H,24,28)(H,25,29). The van der Waals surface area contributed by atoms with Gasteiger partial charge in [-0.2, -0.15) is 0 Å². The lowest BCUT2D eigenvalue weighted by molar-refractivity contribution is -0.136. The van der Waals surface area contributed by atoms with Crippen LogP contribution in [0.25, 0.3) is 0 Å². The summed E-state index contributed by atoms with van der Waals surface area (Å²) in [5, 5.41) is 5.80. The van der Waals surface area contributed by atoms with Crippen LogP contribution in [0.1, 0.15) is 11.6 Å². The Labute approximate surface area is 174 Å². The van der Waals surface area contributed by atoms with Gasteiger partial charge in [0.2, 0.25) is 0 Å². The van der Waals surface area contributed by atoms with Crippen molar-refractivity contribution in [1.29, 1.82) is 0 Å². The van der Waals surface area contributed by atoms with Gasteiger partial charge in [0.05, 0.1) is 6.04 Å². The molecular weight excluding hydrogens is 395 g/mol. The Kier molecular flexibility index (Phi) is 7.19. The summed E-state index contributed by atoms with van der Waals surface area (Å²) in [4.78, 5) is 29.0. The van der Waals surface area contributed by atoms with Gasteiger partial charge in [0.15, 0.2) is 0 Å². The largest absolute Gasteiger partial charge is 0.346 e. The van der Waals surface area contributed by atoms with Gasteiger partial charge in [-0.3, -0.25) is 14.5 Å². The molecule has 1 unspecified atom stereocenters. The van der Waals surface area contributed by atoms with Crippen molar-refractivity contribution < 1.29 is 14.0 Å². The molecule has 1 saturated heterocycles.